The van der Waals surface area contributed by atoms with Gasteiger partial charge in [0.15, 0.2) is 0 Å². The molecule has 27 heavy (non-hydrogen) atoms. The summed E-state index contributed by atoms with van der Waals surface area (Å²) in [5, 5.41) is 6.74. The average Bonchev–Trinajstić information content (AvgIpc) is 3.01. The monoisotopic (exact) mass is 373 g/mol. The summed E-state index contributed by atoms with van der Waals surface area (Å²) in [4.78, 5) is 28.4. The summed E-state index contributed by atoms with van der Waals surface area (Å²) in [6.07, 6.45) is 0. The number of nitrogens with one attached hydrogen (secondary N) is 1. The van der Waals surface area contributed by atoms with E-state index in [1.807, 2.05) is 6.92 Å². The molecular formula is C19H24FN5O2. The molecule has 0 bridgehead atoms. The molecule has 1 aromatic carbocycles. The van der Waals surface area contributed by atoms with Gasteiger partial charge in [-0.2, -0.15) is 5.10 Å². The zero-order valence-corrected chi connectivity index (χ0v) is 15.6. The van der Waals surface area contributed by atoms with Gasteiger partial charge in [-0.25, -0.2) is 4.39 Å². The summed E-state index contributed by atoms with van der Waals surface area (Å²) in [5.41, 5.74) is 2.24. The van der Waals surface area contributed by atoms with Crippen LogP contribution in [0.2, 0.25) is 0 Å². The molecule has 0 unspecified atom stereocenters. The van der Waals surface area contributed by atoms with E-state index in [0.29, 0.717) is 18.8 Å². The number of amides is 2. The van der Waals surface area contributed by atoms with Gasteiger partial charge in [-0.1, -0.05) is 12.1 Å². The second-order valence-corrected chi connectivity index (χ2v) is 6.76. The smallest absolute Gasteiger partial charge is 0.272 e. The lowest BCUT2D eigenvalue weighted by Crippen LogP contribution is -2.50. The first kappa shape index (κ1) is 19.0. The van der Waals surface area contributed by atoms with Gasteiger partial charge in [0.05, 0.1) is 6.54 Å². The molecular weight excluding hydrogens is 349 g/mol. The Labute approximate surface area is 157 Å². The second-order valence-electron chi connectivity index (χ2n) is 6.76. The van der Waals surface area contributed by atoms with Gasteiger partial charge in [0.1, 0.15) is 11.5 Å². The minimum absolute atomic E-state index is 0.0353. The SMILES string of the molecule is Cc1cc(C(=O)NCC(=O)N2CCN(Cc3ccc(F)cc3)CC2)nn1C. The first-order chi connectivity index (χ1) is 12.9. The predicted octanol–water partition coefficient (Wildman–Crippen LogP) is 0.942. The van der Waals surface area contributed by atoms with Gasteiger partial charge in [-0.15, -0.1) is 0 Å². The summed E-state index contributed by atoms with van der Waals surface area (Å²) >= 11 is 0. The third-order valence-corrected chi connectivity index (χ3v) is 4.79. The van der Waals surface area contributed by atoms with Crippen LogP contribution in [0.1, 0.15) is 21.7 Å². The molecule has 0 saturated carbocycles. The Kier molecular flexibility index (Phi) is 5.85. The molecule has 2 aromatic rings. The number of nitrogens with zero attached hydrogens (tertiary/aromatic N) is 4. The third kappa shape index (κ3) is 4.91. The standard InChI is InChI=1S/C19H24FN5O2/c1-14-11-17(22-23(14)2)19(27)21-12-18(26)25-9-7-24(8-10-25)13-15-3-5-16(20)6-4-15/h3-6,11H,7-10,12-13H2,1-2H3,(H,21,27). The first-order valence-electron chi connectivity index (χ1n) is 8.96. The highest BCUT2D eigenvalue weighted by Crippen LogP contribution is 2.10. The minimum atomic E-state index is -0.345. The van der Waals surface area contributed by atoms with Crippen molar-refractivity contribution in [2.45, 2.75) is 13.5 Å². The van der Waals surface area contributed by atoms with Crippen LogP contribution in [0, 0.1) is 12.7 Å². The van der Waals surface area contributed by atoms with Crippen LogP contribution in [0.25, 0.3) is 0 Å². The molecule has 1 aliphatic rings. The second kappa shape index (κ2) is 8.30. The molecule has 1 fully saturated rings. The molecule has 3 rings (SSSR count). The lowest BCUT2D eigenvalue weighted by atomic mass is 10.2. The van der Waals surface area contributed by atoms with Gasteiger partial charge in [0.25, 0.3) is 5.91 Å². The van der Waals surface area contributed by atoms with Crippen molar-refractivity contribution in [3.63, 3.8) is 0 Å². The molecule has 0 atom stereocenters. The summed E-state index contributed by atoms with van der Waals surface area (Å²) in [6.45, 7) is 5.27. The highest BCUT2D eigenvalue weighted by atomic mass is 19.1. The van der Waals surface area contributed by atoms with Crippen molar-refractivity contribution < 1.29 is 14.0 Å². The minimum Gasteiger partial charge on any atom is -0.342 e. The highest BCUT2D eigenvalue weighted by molar-refractivity contribution is 5.94. The summed E-state index contributed by atoms with van der Waals surface area (Å²) in [6, 6.07) is 8.17. The number of hydrogen-bond donors (Lipinski definition) is 1. The van der Waals surface area contributed by atoms with E-state index in [1.165, 1.54) is 12.1 Å². The van der Waals surface area contributed by atoms with Crippen LogP contribution in [0.3, 0.4) is 0 Å². The molecule has 0 radical (unpaired) electrons. The van der Waals surface area contributed by atoms with E-state index in [2.05, 4.69) is 15.3 Å². The fraction of sp³-hybridized carbons (Fsp3) is 0.421. The highest BCUT2D eigenvalue weighted by Gasteiger charge is 2.22. The quantitative estimate of drug-likeness (QED) is 0.847. The number of halogens is 1. The Morgan fingerprint density at radius 3 is 2.41 bits per heavy atom. The van der Waals surface area contributed by atoms with Crippen LogP contribution >= 0.6 is 0 Å². The molecule has 1 N–H and O–H groups in total. The number of aryl methyl sites for hydroxylation is 2. The lowest BCUT2D eigenvalue weighted by Gasteiger charge is -2.34. The molecule has 7 nitrogen and oxygen atoms in total. The van der Waals surface area contributed by atoms with Crippen LogP contribution in [0.15, 0.2) is 30.3 Å². The number of carbonyl (C=O) groups is 2. The molecule has 0 aliphatic carbocycles. The van der Waals surface area contributed by atoms with Gasteiger partial charge in [0, 0.05) is 45.5 Å². The van der Waals surface area contributed by atoms with Crippen molar-refractivity contribution in [3.05, 3.63) is 53.1 Å². The predicted molar refractivity (Wildman–Crippen MR) is 98.5 cm³/mol. The van der Waals surface area contributed by atoms with Crippen LogP contribution in [0.5, 0.6) is 0 Å². The zero-order chi connectivity index (χ0) is 19.4. The Hall–Kier alpha value is -2.74. The Balaban J connectivity index is 1.43. The molecule has 144 valence electrons. The van der Waals surface area contributed by atoms with E-state index in [0.717, 1.165) is 30.9 Å². The topological polar surface area (TPSA) is 70.5 Å². The van der Waals surface area contributed by atoms with Crippen molar-refractivity contribution in [2.24, 2.45) is 7.05 Å². The van der Waals surface area contributed by atoms with Gasteiger partial charge >= 0.3 is 0 Å². The molecule has 1 aliphatic heterocycles. The fourth-order valence-electron chi connectivity index (χ4n) is 3.03. The fourth-order valence-corrected chi connectivity index (χ4v) is 3.03. The van der Waals surface area contributed by atoms with Gasteiger partial charge in [-0.3, -0.25) is 19.2 Å². The number of hydrogen-bond acceptors (Lipinski definition) is 4. The van der Waals surface area contributed by atoms with Gasteiger partial charge in [0.2, 0.25) is 5.91 Å². The largest absolute Gasteiger partial charge is 0.342 e. The van der Waals surface area contributed by atoms with E-state index in [-0.39, 0.29) is 24.2 Å². The number of rotatable bonds is 5. The molecule has 1 saturated heterocycles. The molecule has 2 heterocycles. The maximum absolute atomic E-state index is 13.0. The Morgan fingerprint density at radius 2 is 1.81 bits per heavy atom. The normalized spacial score (nSPS) is 15.0. The third-order valence-electron chi connectivity index (χ3n) is 4.79. The van der Waals surface area contributed by atoms with Gasteiger partial charge in [-0.05, 0) is 30.7 Å². The van der Waals surface area contributed by atoms with Crippen molar-refractivity contribution in [2.75, 3.05) is 32.7 Å². The van der Waals surface area contributed by atoms with E-state index < -0.39 is 0 Å². The number of carbonyl (C=O) groups excluding carboxylic acids is 2. The van der Waals surface area contributed by atoms with Crippen LogP contribution in [-0.4, -0.2) is 64.1 Å². The summed E-state index contributed by atoms with van der Waals surface area (Å²) < 4.78 is 14.6. The first-order valence-corrected chi connectivity index (χ1v) is 8.96. The van der Waals surface area contributed by atoms with E-state index in [1.54, 1.807) is 34.8 Å². The lowest BCUT2D eigenvalue weighted by molar-refractivity contribution is -0.131. The van der Waals surface area contributed by atoms with Crippen molar-refractivity contribution in [1.29, 1.82) is 0 Å². The van der Waals surface area contributed by atoms with Crippen molar-refractivity contribution in [3.8, 4) is 0 Å². The average molecular weight is 373 g/mol. The van der Waals surface area contributed by atoms with Crippen LogP contribution in [0.4, 0.5) is 4.39 Å². The zero-order valence-electron chi connectivity index (χ0n) is 15.6. The van der Waals surface area contributed by atoms with E-state index in [4.69, 9.17) is 0 Å². The van der Waals surface area contributed by atoms with Crippen LogP contribution in [-0.2, 0) is 18.4 Å². The number of aromatic nitrogens is 2. The Bertz CT molecular complexity index is 791. The van der Waals surface area contributed by atoms with Crippen molar-refractivity contribution in [1.82, 2.24) is 24.9 Å². The molecule has 1 aromatic heterocycles. The number of piperazine rings is 1. The molecule has 0 spiro atoms. The Morgan fingerprint density at radius 1 is 1.15 bits per heavy atom. The maximum atomic E-state index is 13.0. The van der Waals surface area contributed by atoms with Gasteiger partial charge < -0.3 is 10.2 Å². The summed E-state index contributed by atoms with van der Waals surface area (Å²) in [7, 11) is 1.77. The molecule has 8 heteroatoms. The number of benzene rings is 1. The summed E-state index contributed by atoms with van der Waals surface area (Å²) in [5.74, 6) is -0.684. The maximum Gasteiger partial charge on any atom is 0.272 e. The van der Waals surface area contributed by atoms with Crippen molar-refractivity contribution >= 4 is 11.8 Å². The van der Waals surface area contributed by atoms with E-state index >= 15 is 0 Å². The molecule has 2 amide bonds. The van der Waals surface area contributed by atoms with E-state index in [9.17, 15) is 14.0 Å². The van der Waals surface area contributed by atoms with Crippen LogP contribution < -0.4 is 5.32 Å².